The van der Waals surface area contributed by atoms with E-state index in [-0.39, 0.29) is 0 Å². The predicted octanol–water partition coefficient (Wildman–Crippen LogP) is 2.31. The van der Waals surface area contributed by atoms with Crippen molar-refractivity contribution in [1.82, 2.24) is 4.90 Å². The first kappa shape index (κ1) is 12.1. The first-order valence-corrected chi connectivity index (χ1v) is 5.73. The van der Waals surface area contributed by atoms with Gasteiger partial charge in [0.1, 0.15) is 5.84 Å². The summed E-state index contributed by atoms with van der Waals surface area (Å²) in [6, 6.07) is 5.29. The molecule has 1 aromatic carbocycles. The van der Waals surface area contributed by atoms with Crippen molar-refractivity contribution in [3.8, 4) is 0 Å². The lowest BCUT2D eigenvalue weighted by atomic mass is 10.1. The molecule has 1 aliphatic carbocycles. The molecule has 92 valence electrons. The molecule has 0 bridgehead atoms. The summed E-state index contributed by atoms with van der Waals surface area (Å²) in [4.78, 5) is 6.42. The standard InChI is InChI=1S/C13H18N3O/c1-8(16(2)3)15-10-5-4-9-6-12(17)13(14)11(9)7-10/h4-5,7,12-14,17H,6H2,1-3H3/q-1. The van der Waals surface area contributed by atoms with Crippen LogP contribution in [0.25, 0.3) is 5.73 Å². The maximum Gasteiger partial charge on any atom is 0.101 e. The number of aliphatic hydroxyl groups is 1. The highest BCUT2D eigenvalue weighted by Crippen LogP contribution is 2.35. The molecule has 1 aliphatic rings. The van der Waals surface area contributed by atoms with E-state index in [2.05, 4.69) is 4.99 Å². The van der Waals surface area contributed by atoms with E-state index in [0.29, 0.717) is 6.42 Å². The average Bonchev–Trinajstić information content (AvgIpc) is 2.55. The topological polar surface area (TPSA) is 59.6 Å². The van der Waals surface area contributed by atoms with Crippen molar-refractivity contribution >= 4 is 11.5 Å². The summed E-state index contributed by atoms with van der Waals surface area (Å²) >= 11 is 0. The minimum absolute atomic E-state index is 0.528. The smallest absolute Gasteiger partial charge is 0.101 e. The van der Waals surface area contributed by atoms with E-state index in [1.807, 2.05) is 44.1 Å². The minimum atomic E-state index is -0.570. The first-order valence-electron chi connectivity index (χ1n) is 5.73. The molecule has 17 heavy (non-hydrogen) atoms. The fraction of sp³-hybridized carbons (Fsp3) is 0.462. The summed E-state index contributed by atoms with van der Waals surface area (Å²) < 4.78 is 0. The molecule has 0 aliphatic heterocycles. The Bertz CT molecular complexity index is 454. The molecule has 1 aromatic rings. The van der Waals surface area contributed by atoms with Crippen LogP contribution in [0.15, 0.2) is 23.2 Å². The van der Waals surface area contributed by atoms with Gasteiger partial charge in [0, 0.05) is 20.2 Å². The van der Waals surface area contributed by atoms with Gasteiger partial charge < -0.3 is 15.7 Å². The zero-order chi connectivity index (χ0) is 12.6. The zero-order valence-electron chi connectivity index (χ0n) is 10.4. The zero-order valence-corrected chi connectivity index (χ0v) is 10.4. The SMILES string of the molecule is CC(=Nc1ccc2c(c1)C([NH-])C(O)C2)N(C)C. The van der Waals surface area contributed by atoms with E-state index in [0.717, 1.165) is 22.6 Å². The van der Waals surface area contributed by atoms with Gasteiger partial charge in [-0.25, -0.2) is 4.99 Å². The van der Waals surface area contributed by atoms with Gasteiger partial charge >= 0.3 is 0 Å². The number of nitrogens with one attached hydrogen (secondary N) is 1. The van der Waals surface area contributed by atoms with Gasteiger partial charge in [-0.1, -0.05) is 17.7 Å². The van der Waals surface area contributed by atoms with Crippen LogP contribution in [-0.2, 0) is 6.42 Å². The summed E-state index contributed by atoms with van der Waals surface area (Å²) in [5.41, 5.74) is 10.7. The van der Waals surface area contributed by atoms with Crippen molar-refractivity contribution in [2.75, 3.05) is 14.1 Å². The van der Waals surface area contributed by atoms with Crippen molar-refractivity contribution in [2.24, 2.45) is 4.99 Å². The number of hydrogen-bond acceptors (Lipinski definition) is 2. The van der Waals surface area contributed by atoms with Gasteiger partial charge in [0.25, 0.3) is 0 Å². The summed E-state index contributed by atoms with van der Waals surface area (Å²) in [6.45, 7) is 1.94. The lowest BCUT2D eigenvalue weighted by molar-refractivity contribution is 0.172. The lowest BCUT2D eigenvalue weighted by Gasteiger charge is -2.18. The molecular weight excluding hydrogens is 214 g/mol. The van der Waals surface area contributed by atoms with E-state index >= 15 is 0 Å². The Morgan fingerprint density at radius 3 is 2.82 bits per heavy atom. The summed E-state index contributed by atoms with van der Waals surface area (Å²) in [6.07, 6.45) is 0.0133. The van der Waals surface area contributed by atoms with Gasteiger partial charge in [0.15, 0.2) is 0 Å². The Labute approximate surface area is 102 Å². The first-order chi connectivity index (χ1) is 7.99. The van der Waals surface area contributed by atoms with Crippen LogP contribution in [0.4, 0.5) is 5.69 Å². The predicted molar refractivity (Wildman–Crippen MR) is 69.7 cm³/mol. The summed E-state index contributed by atoms with van der Waals surface area (Å²) in [5, 5.41) is 9.65. The molecule has 2 atom stereocenters. The number of aliphatic imine (C=N–C) groups is 1. The molecule has 2 rings (SSSR count). The fourth-order valence-electron chi connectivity index (χ4n) is 1.96. The van der Waals surface area contributed by atoms with E-state index < -0.39 is 12.1 Å². The number of rotatable bonds is 1. The second-order valence-corrected chi connectivity index (χ2v) is 4.69. The molecule has 0 amide bonds. The third kappa shape index (κ3) is 2.33. The van der Waals surface area contributed by atoms with Crippen molar-refractivity contribution in [2.45, 2.75) is 25.5 Å². The van der Waals surface area contributed by atoms with Crippen LogP contribution in [0.3, 0.4) is 0 Å². The lowest BCUT2D eigenvalue weighted by Crippen LogP contribution is -2.17. The molecule has 0 aromatic heterocycles. The van der Waals surface area contributed by atoms with Crippen molar-refractivity contribution in [1.29, 1.82) is 0 Å². The third-order valence-corrected chi connectivity index (χ3v) is 3.22. The van der Waals surface area contributed by atoms with Crippen LogP contribution in [0, 0.1) is 0 Å². The number of fused-ring (bicyclic) bond motifs is 1. The molecule has 2 unspecified atom stereocenters. The van der Waals surface area contributed by atoms with Crippen molar-refractivity contribution in [3.63, 3.8) is 0 Å². The second kappa shape index (κ2) is 4.47. The van der Waals surface area contributed by atoms with E-state index in [9.17, 15) is 5.11 Å². The van der Waals surface area contributed by atoms with Crippen LogP contribution < -0.4 is 0 Å². The Hall–Kier alpha value is -1.39. The Morgan fingerprint density at radius 2 is 2.18 bits per heavy atom. The molecule has 4 heteroatoms. The number of hydrogen-bond donors (Lipinski definition) is 1. The second-order valence-electron chi connectivity index (χ2n) is 4.69. The highest BCUT2D eigenvalue weighted by atomic mass is 16.3. The van der Waals surface area contributed by atoms with Crippen molar-refractivity contribution in [3.05, 3.63) is 35.1 Å². The molecule has 0 spiro atoms. The molecule has 0 saturated heterocycles. The monoisotopic (exact) mass is 232 g/mol. The largest absolute Gasteiger partial charge is 0.669 e. The highest BCUT2D eigenvalue weighted by molar-refractivity contribution is 5.82. The Morgan fingerprint density at radius 1 is 1.47 bits per heavy atom. The molecule has 0 radical (unpaired) electrons. The van der Waals surface area contributed by atoms with Gasteiger partial charge in [-0.15, -0.1) is 0 Å². The molecule has 0 saturated carbocycles. The van der Waals surface area contributed by atoms with E-state index in [1.165, 1.54) is 0 Å². The van der Waals surface area contributed by atoms with Gasteiger partial charge in [0.05, 0.1) is 5.69 Å². The molecule has 4 nitrogen and oxygen atoms in total. The number of nitrogens with zero attached hydrogens (tertiary/aromatic N) is 2. The Balaban J connectivity index is 2.33. The normalized spacial score (nSPS) is 23.7. The van der Waals surface area contributed by atoms with Crippen LogP contribution in [0.1, 0.15) is 24.1 Å². The van der Waals surface area contributed by atoms with Crippen LogP contribution in [0.5, 0.6) is 0 Å². The Kier molecular flexibility index (Phi) is 3.17. The molecule has 0 heterocycles. The minimum Gasteiger partial charge on any atom is -0.669 e. The number of amidine groups is 1. The number of benzene rings is 1. The number of aliphatic hydroxyl groups excluding tert-OH is 1. The van der Waals surface area contributed by atoms with Crippen molar-refractivity contribution < 1.29 is 5.11 Å². The maximum absolute atomic E-state index is 9.65. The average molecular weight is 232 g/mol. The third-order valence-electron chi connectivity index (χ3n) is 3.22. The summed E-state index contributed by atoms with van der Waals surface area (Å²) in [5.74, 6) is 0.921. The maximum atomic E-state index is 9.65. The van der Waals surface area contributed by atoms with E-state index in [4.69, 9.17) is 5.73 Å². The fourth-order valence-corrected chi connectivity index (χ4v) is 1.96. The summed E-state index contributed by atoms with van der Waals surface area (Å²) in [7, 11) is 3.90. The van der Waals surface area contributed by atoms with E-state index in [1.54, 1.807) is 0 Å². The van der Waals surface area contributed by atoms with Gasteiger partial charge in [-0.05, 0) is 31.0 Å². The molecular formula is C13H18N3O-. The molecule has 0 fully saturated rings. The van der Waals surface area contributed by atoms with Gasteiger partial charge in [-0.2, -0.15) is 0 Å². The quantitative estimate of drug-likeness (QED) is 0.596. The highest BCUT2D eigenvalue weighted by Gasteiger charge is 2.22. The molecule has 2 N–H and O–H groups in total. The van der Waals surface area contributed by atoms with Gasteiger partial charge in [0.2, 0.25) is 0 Å². The van der Waals surface area contributed by atoms with Crippen LogP contribution in [-0.4, -0.2) is 36.0 Å². The van der Waals surface area contributed by atoms with Crippen LogP contribution in [0.2, 0.25) is 0 Å². The van der Waals surface area contributed by atoms with Crippen LogP contribution >= 0.6 is 0 Å². The van der Waals surface area contributed by atoms with Gasteiger partial charge in [-0.3, -0.25) is 0 Å².